The third-order valence-electron chi connectivity index (χ3n) is 5.20. The summed E-state index contributed by atoms with van der Waals surface area (Å²) in [5.41, 5.74) is 0.384. The van der Waals surface area contributed by atoms with Crippen molar-refractivity contribution in [3.05, 3.63) is 24.3 Å². The van der Waals surface area contributed by atoms with Crippen LogP contribution < -0.4 is 10.6 Å². The second-order valence-electron chi connectivity index (χ2n) is 7.94. The standard InChI is InChI=1S/C19H32N4O4S/c1-15-7-6-12-23(13-15)19(2,3)14-20-18(24)21-16-8-10-17(11-9-16)28(25,26)22(4)27-5/h8-11,15H,6-7,12-14H2,1-5H3,(H2,20,21,24). The van der Waals surface area contributed by atoms with Gasteiger partial charge in [-0.05, 0) is 63.4 Å². The number of amides is 2. The molecule has 1 aliphatic rings. The zero-order chi connectivity index (χ0) is 20.9. The number of rotatable bonds is 7. The van der Waals surface area contributed by atoms with Gasteiger partial charge in [0.25, 0.3) is 10.0 Å². The molecule has 1 fully saturated rings. The first-order chi connectivity index (χ1) is 13.1. The lowest BCUT2D eigenvalue weighted by Crippen LogP contribution is -2.55. The van der Waals surface area contributed by atoms with E-state index in [9.17, 15) is 13.2 Å². The van der Waals surface area contributed by atoms with Crippen LogP contribution in [-0.4, -0.2) is 63.1 Å². The number of piperidine rings is 1. The van der Waals surface area contributed by atoms with Gasteiger partial charge in [0.2, 0.25) is 0 Å². The van der Waals surface area contributed by atoms with E-state index in [4.69, 9.17) is 4.84 Å². The lowest BCUT2D eigenvalue weighted by molar-refractivity contribution is -0.0258. The fraction of sp³-hybridized carbons (Fsp3) is 0.632. The molecular formula is C19H32N4O4S. The highest BCUT2D eigenvalue weighted by molar-refractivity contribution is 7.89. The summed E-state index contributed by atoms with van der Waals surface area (Å²) >= 11 is 0. The quantitative estimate of drug-likeness (QED) is 0.672. The molecule has 1 saturated heterocycles. The molecule has 0 bridgehead atoms. The number of benzene rings is 1. The van der Waals surface area contributed by atoms with Crippen molar-refractivity contribution in [3.63, 3.8) is 0 Å². The van der Waals surface area contributed by atoms with Crippen LogP contribution in [0.15, 0.2) is 29.2 Å². The molecule has 1 aromatic carbocycles. The summed E-state index contributed by atoms with van der Waals surface area (Å²) in [4.78, 5) is 19.5. The highest BCUT2D eigenvalue weighted by atomic mass is 32.2. The number of anilines is 1. The second kappa shape index (κ2) is 9.21. The van der Waals surface area contributed by atoms with Gasteiger partial charge in [-0.1, -0.05) is 11.4 Å². The van der Waals surface area contributed by atoms with Crippen LogP contribution in [0.1, 0.15) is 33.6 Å². The minimum atomic E-state index is -3.70. The monoisotopic (exact) mass is 412 g/mol. The van der Waals surface area contributed by atoms with Gasteiger partial charge in [0, 0.05) is 31.4 Å². The molecule has 1 aliphatic heterocycles. The van der Waals surface area contributed by atoms with Gasteiger partial charge in [-0.25, -0.2) is 13.2 Å². The Labute approximate surface area is 168 Å². The van der Waals surface area contributed by atoms with E-state index < -0.39 is 10.0 Å². The molecule has 1 unspecified atom stereocenters. The molecular weight excluding hydrogens is 380 g/mol. The summed E-state index contributed by atoms with van der Waals surface area (Å²) in [6, 6.07) is 5.64. The first kappa shape index (κ1) is 22.6. The molecule has 0 radical (unpaired) electrons. The predicted molar refractivity (Wildman–Crippen MR) is 109 cm³/mol. The van der Waals surface area contributed by atoms with Gasteiger partial charge in [-0.2, -0.15) is 0 Å². The van der Waals surface area contributed by atoms with Crippen molar-refractivity contribution in [3.8, 4) is 0 Å². The molecule has 0 aromatic heterocycles. The van der Waals surface area contributed by atoms with Gasteiger partial charge < -0.3 is 10.6 Å². The van der Waals surface area contributed by atoms with Crippen molar-refractivity contribution in [2.24, 2.45) is 5.92 Å². The first-order valence-corrected chi connectivity index (χ1v) is 10.9. The second-order valence-corrected chi connectivity index (χ2v) is 9.87. The average Bonchev–Trinajstić information content (AvgIpc) is 2.66. The summed E-state index contributed by atoms with van der Waals surface area (Å²) in [6.07, 6.45) is 2.44. The molecule has 1 heterocycles. The molecule has 1 atom stereocenters. The first-order valence-electron chi connectivity index (χ1n) is 9.49. The zero-order valence-corrected chi connectivity index (χ0v) is 18.2. The number of carbonyl (C=O) groups excluding carboxylic acids is 1. The minimum Gasteiger partial charge on any atom is -0.336 e. The Morgan fingerprint density at radius 3 is 2.54 bits per heavy atom. The fourth-order valence-corrected chi connectivity index (χ4v) is 4.25. The molecule has 2 N–H and O–H groups in total. The van der Waals surface area contributed by atoms with E-state index in [2.05, 4.69) is 36.3 Å². The molecule has 1 aromatic rings. The maximum atomic E-state index is 12.3. The molecule has 158 valence electrons. The molecule has 0 saturated carbocycles. The van der Waals surface area contributed by atoms with E-state index >= 15 is 0 Å². The van der Waals surface area contributed by atoms with Crippen LogP contribution in [0.5, 0.6) is 0 Å². The molecule has 2 amide bonds. The number of urea groups is 1. The minimum absolute atomic E-state index is 0.0863. The molecule has 28 heavy (non-hydrogen) atoms. The molecule has 2 rings (SSSR count). The van der Waals surface area contributed by atoms with Gasteiger partial charge >= 0.3 is 6.03 Å². The maximum absolute atomic E-state index is 12.3. The van der Waals surface area contributed by atoms with Crippen LogP contribution >= 0.6 is 0 Å². The fourth-order valence-electron chi connectivity index (χ4n) is 3.28. The van der Waals surface area contributed by atoms with Crippen LogP contribution in [0.4, 0.5) is 10.5 Å². The highest BCUT2D eigenvalue weighted by Gasteiger charge is 2.30. The normalized spacial score (nSPS) is 18.9. The van der Waals surface area contributed by atoms with E-state index in [0.717, 1.165) is 17.6 Å². The topological polar surface area (TPSA) is 91.0 Å². The van der Waals surface area contributed by atoms with E-state index in [-0.39, 0.29) is 16.5 Å². The third kappa shape index (κ3) is 5.66. The van der Waals surface area contributed by atoms with Crippen molar-refractivity contribution in [2.75, 3.05) is 39.1 Å². The zero-order valence-electron chi connectivity index (χ0n) is 17.4. The number of sulfonamides is 1. The predicted octanol–water partition coefficient (Wildman–Crippen LogP) is 2.50. The maximum Gasteiger partial charge on any atom is 0.319 e. The van der Waals surface area contributed by atoms with E-state index in [1.165, 1.54) is 39.1 Å². The van der Waals surface area contributed by atoms with Gasteiger partial charge in [0.15, 0.2) is 0 Å². The number of nitrogens with zero attached hydrogens (tertiary/aromatic N) is 2. The Morgan fingerprint density at radius 1 is 1.32 bits per heavy atom. The molecule has 8 nitrogen and oxygen atoms in total. The number of hydrogen-bond acceptors (Lipinski definition) is 5. The van der Waals surface area contributed by atoms with Crippen LogP contribution in [0.2, 0.25) is 0 Å². The Morgan fingerprint density at radius 2 is 1.96 bits per heavy atom. The number of hydrogen-bond donors (Lipinski definition) is 2. The SMILES string of the molecule is CON(C)S(=O)(=O)c1ccc(NC(=O)NCC(C)(C)N2CCCC(C)C2)cc1. The van der Waals surface area contributed by atoms with E-state index in [1.807, 2.05) is 0 Å². The number of likely N-dealkylation sites (tertiary alicyclic amines) is 1. The Bertz CT molecular complexity index is 765. The number of nitrogens with one attached hydrogen (secondary N) is 2. The van der Waals surface area contributed by atoms with Gasteiger partial charge in [-0.3, -0.25) is 9.74 Å². The average molecular weight is 413 g/mol. The molecule has 0 spiro atoms. The van der Waals surface area contributed by atoms with Crippen LogP contribution in [0.25, 0.3) is 0 Å². The van der Waals surface area contributed by atoms with Gasteiger partial charge in [0.1, 0.15) is 0 Å². The summed E-state index contributed by atoms with van der Waals surface area (Å²) in [5, 5.41) is 5.66. The summed E-state index contributed by atoms with van der Waals surface area (Å²) in [5.74, 6) is 0.675. The Kier molecular flexibility index (Phi) is 7.44. The lowest BCUT2D eigenvalue weighted by Gasteiger charge is -2.43. The van der Waals surface area contributed by atoms with Crippen molar-refractivity contribution in [2.45, 2.75) is 44.0 Å². The van der Waals surface area contributed by atoms with Crippen LogP contribution in [-0.2, 0) is 14.9 Å². The third-order valence-corrected chi connectivity index (χ3v) is 6.89. The molecule has 0 aliphatic carbocycles. The molecule has 9 heteroatoms. The van der Waals surface area contributed by atoms with Crippen molar-refractivity contribution in [1.82, 2.24) is 14.7 Å². The van der Waals surface area contributed by atoms with E-state index in [1.54, 1.807) is 12.1 Å². The van der Waals surface area contributed by atoms with Crippen LogP contribution in [0, 0.1) is 5.92 Å². The summed E-state index contributed by atoms with van der Waals surface area (Å²) in [7, 11) is -1.10. The van der Waals surface area contributed by atoms with Crippen molar-refractivity contribution >= 4 is 21.7 Å². The number of hydroxylamine groups is 1. The Hall–Kier alpha value is -1.68. The lowest BCUT2D eigenvalue weighted by atomic mass is 9.93. The summed E-state index contributed by atoms with van der Waals surface area (Å²) < 4.78 is 25.1. The largest absolute Gasteiger partial charge is 0.336 e. The van der Waals surface area contributed by atoms with Gasteiger partial charge in [-0.15, -0.1) is 0 Å². The number of carbonyl (C=O) groups is 1. The van der Waals surface area contributed by atoms with Gasteiger partial charge in [0.05, 0.1) is 12.0 Å². The summed E-state index contributed by atoms with van der Waals surface area (Å²) in [6.45, 7) is 9.15. The Balaban J connectivity index is 1.91. The van der Waals surface area contributed by atoms with Crippen molar-refractivity contribution in [1.29, 1.82) is 0 Å². The highest BCUT2D eigenvalue weighted by Crippen LogP contribution is 2.23. The smallest absolute Gasteiger partial charge is 0.319 e. The van der Waals surface area contributed by atoms with Crippen molar-refractivity contribution < 1.29 is 18.0 Å². The van der Waals surface area contributed by atoms with Crippen LogP contribution in [0.3, 0.4) is 0 Å². The van der Waals surface area contributed by atoms with E-state index in [0.29, 0.717) is 18.2 Å².